The summed E-state index contributed by atoms with van der Waals surface area (Å²) in [6.07, 6.45) is 2.69. The van der Waals surface area contributed by atoms with Crippen molar-refractivity contribution >= 4 is 31.7 Å². The van der Waals surface area contributed by atoms with E-state index in [2.05, 4.69) is 21.2 Å². The zero-order valence-electron chi connectivity index (χ0n) is 8.98. The SMILES string of the molecule is O=C(NCC1CCCS1(=O)=O)c1ccoc1Br. The molecule has 17 heavy (non-hydrogen) atoms. The Balaban J connectivity index is 1.96. The average molecular weight is 322 g/mol. The van der Waals surface area contributed by atoms with Gasteiger partial charge in [-0.05, 0) is 34.8 Å². The lowest BCUT2D eigenvalue weighted by molar-refractivity contribution is 0.0952. The molecule has 1 aromatic rings. The molecule has 1 N–H and O–H groups in total. The maximum atomic E-state index is 11.7. The predicted molar refractivity (Wildman–Crippen MR) is 65.6 cm³/mol. The molecular weight excluding hydrogens is 310 g/mol. The van der Waals surface area contributed by atoms with E-state index in [0.717, 1.165) is 0 Å². The third-order valence-corrected chi connectivity index (χ3v) is 5.71. The monoisotopic (exact) mass is 321 g/mol. The van der Waals surface area contributed by atoms with Gasteiger partial charge >= 0.3 is 0 Å². The minimum absolute atomic E-state index is 0.165. The minimum atomic E-state index is -3.01. The lowest BCUT2D eigenvalue weighted by atomic mass is 10.2. The zero-order chi connectivity index (χ0) is 12.5. The summed E-state index contributed by atoms with van der Waals surface area (Å²) >= 11 is 3.10. The van der Waals surface area contributed by atoms with E-state index in [-0.39, 0.29) is 18.2 Å². The van der Waals surface area contributed by atoms with Crippen molar-refractivity contribution in [1.82, 2.24) is 5.32 Å². The number of halogens is 1. The van der Waals surface area contributed by atoms with Crippen LogP contribution >= 0.6 is 15.9 Å². The van der Waals surface area contributed by atoms with Crippen LogP contribution in [0.3, 0.4) is 0 Å². The molecule has 1 aliphatic rings. The molecule has 1 aromatic heterocycles. The molecule has 1 saturated heterocycles. The van der Waals surface area contributed by atoms with Crippen molar-refractivity contribution in [2.45, 2.75) is 18.1 Å². The molecule has 0 aromatic carbocycles. The van der Waals surface area contributed by atoms with Crippen LogP contribution in [0, 0.1) is 0 Å². The van der Waals surface area contributed by atoms with Gasteiger partial charge in [-0.25, -0.2) is 8.42 Å². The summed E-state index contributed by atoms with van der Waals surface area (Å²) in [5.74, 6) is -0.101. The highest BCUT2D eigenvalue weighted by Gasteiger charge is 2.31. The first-order chi connectivity index (χ1) is 8.00. The quantitative estimate of drug-likeness (QED) is 0.911. The number of furan rings is 1. The van der Waals surface area contributed by atoms with Gasteiger partial charge in [-0.3, -0.25) is 4.79 Å². The number of amides is 1. The second-order valence-corrected chi connectivity index (χ2v) is 7.07. The van der Waals surface area contributed by atoms with Gasteiger partial charge in [-0.15, -0.1) is 0 Å². The van der Waals surface area contributed by atoms with Gasteiger partial charge in [0.1, 0.15) is 0 Å². The van der Waals surface area contributed by atoms with E-state index in [0.29, 0.717) is 23.1 Å². The molecule has 1 atom stereocenters. The van der Waals surface area contributed by atoms with Gasteiger partial charge in [0, 0.05) is 6.54 Å². The molecule has 1 unspecified atom stereocenters. The molecule has 0 spiro atoms. The van der Waals surface area contributed by atoms with Gasteiger partial charge in [0.15, 0.2) is 14.5 Å². The van der Waals surface area contributed by atoms with Crippen molar-refractivity contribution in [1.29, 1.82) is 0 Å². The maximum Gasteiger partial charge on any atom is 0.255 e. The molecule has 94 valence electrons. The van der Waals surface area contributed by atoms with Crippen molar-refractivity contribution in [3.05, 3.63) is 22.6 Å². The van der Waals surface area contributed by atoms with E-state index in [1.807, 2.05) is 0 Å². The Morgan fingerprint density at radius 2 is 2.35 bits per heavy atom. The summed E-state index contributed by atoms with van der Waals surface area (Å²) in [7, 11) is -3.01. The van der Waals surface area contributed by atoms with Crippen molar-refractivity contribution in [2.75, 3.05) is 12.3 Å². The predicted octanol–water partition coefficient (Wildman–Crippen LogP) is 1.35. The van der Waals surface area contributed by atoms with Crippen LogP contribution in [0.15, 0.2) is 21.4 Å². The van der Waals surface area contributed by atoms with Crippen LogP contribution in [0.4, 0.5) is 0 Å². The molecule has 2 heterocycles. The van der Waals surface area contributed by atoms with Crippen LogP contribution in [0.25, 0.3) is 0 Å². The molecule has 2 rings (SSSR count). The summed E-state index contributed by atoms with van der Waals surface area (Å²) in [6.45, 7) is 0.165. The number of rotatable bonds is 3. The second-order valence-electron chi connectivity index (χ2n) is 3.95. The van der Waals surface area contributed by atoms with Crippen LogP contribution in [-0.2, 0) is 9.84 Å². The number of carbonyl (C=O) groups is 1. The maximum absolute atomic E-state index is 11.7. The topological polar surface area (TPSA) is 76.4 Å². The van der Waals surface area contributed by atoms with Crippen molar-refractivity contribution in [3.8, 4) is 0 Å². The van der Waals surface area contributed by atoms with E-state index in [1.165, 1.54) is 12.3 Å². The smallest absolute Gasteiger partial charge is 0.255 e. The molecule has 1 aliphatic heterocycles. The van der Waals surface area contributed by atoms with Crippen LogP contribution in [0.2, 0.25) is 0 Å². The number of hydrogen-bond donors (Lipinski definition) is 1. The van der Waals surface area contributed by atoms with E-state index < -0.39 is 15.1 Å². The molecule has 1 fully saturated rings. The summed E-state index contributed by atoms with van der Waals surface area (Å²) < 4.78 is 28.4. The lowest BCUT2D eigenvalue weighted by Gasteiger charge is -2.10. The van der Waals surface area contributed by atoms with Gasteiger partial charge < -0.3 is 9.73 Å². The number of carbonyl (C=O) groups excluding carboxylic acids is 1. The van der Waals surface area contributed by atoms with Crippen LogP contribution in [-0.4, -0.2) is 31.9 Å². The molecule has 7 heteroatoms. The summed E-state index contributed by atoms with van der Waals surface area (Å²) in [5, 5.41) is 2.17. The van der Waals surface area contributed by atoms with Crippen molar-refractivity contribution in [2.24, 2.45) is 0 Å². The zero-order valence-corrected chi connectivity index (χ0v) is 11.4. The van der Waals surface area contributed by atoms with E-state index in [9.17, 15) is 13.2 Å². The fraction of sp³-hybridized carbons (Fsp3) is 0.500. The van der Waals surface area contributed by atoms with Gasteiger partial charge in [0.25, 0.3) is 5.91 Å². The highest BCUT2D eigenvalue weighted by atomic mass is 79.9. The largest absolute Gasteiger partial charge is 0.457 e. The average Bonchev–Trinajstić information content (AvgIpc) is 2.81. The first kappa shape index (κ1) is 12.6. The molecule has 0 radical (unpaired) electrons. The third kappa shape index (κ3) is 2.71. The van der Waals surface area contributed by atoms with Crippen LogP contribution in [0.1, 0.15) is 23.2 Å². The summed E-state index contributed by atoms with van der Waals surface area (Å²) in [5.41, 5.74) is 0.375. The van der Waals surface area contributed by atoms with Crippen LogP contribution in [0.5, 0.6) is 0 Å². The van der Waals surface area contributed by atoms with Crippen molar-refractivity contribution in [3.63, 3.8) is 0 Å². The Labute approximate surface area is 108 Å². The lowest BCUT2D eigenvalue weighted by Crippen LogP contribution is -2.34. The van der Waals surface area contributed by atoms with E-state index in [4.69, 9.17) is 4.42 Å². The fourth-order valence-electron chi connectivity index (χ4n) is 1.84. The Morgan fingerprint density at radius 3 is 2.88 bits per heavy atom. The Kier molecular flexibility index (Phi) is 3.58. The first-order valence-corrected chi connectivity index (χ1v) is 7.74. The number of sulfone groups is 1. The highest BCUT2D eigenvalue weighted by Crippen LogP contribution is 2.20. The molecule has 0 bridgehead atoms. The Hall–Kier alpha value is -0.820. The van der Waals surface area contributed by atoms with Crippen LogP contribution < -0.4 is 5.32 Å². The van der Waals surface area contributed by atoms with Gasteiger partial charge in [-0.2, -0.15) is 0 Å². The Morgan fingerprint density at radius 1 is 1.59 bits per heavy atom. The van der Waals surface area contributed by atoms with Crippen molar-refractivity contribution < 1.29 is 17.6 Å². The fourth-order valence-corrected chi connectivity index (χ4v) is 4.03. The van der Waals surface area contributed by atoms with Gasteiger partial charge in [0.05, 0.1) is 22.8 Å². The Bertz CT molecular complexity index is 522. The van der Waals surface area contributed by atoms with E-state index >= 15 is 0 Å². The van der Waals surface area contributed by atoms with Gasteiger partial charge in [0.2, 0.25) is 0 Å². The summed E-state index contributed by atoms with van der Waals surface area (Å²) in [4.78, 5) is 11.7. The third-order valence-electron chi connectivity index (χ3n) is 2.82. The summed E-state index contributed by atoms with van der Waals surface area (Å²) in [6, 6.07) is 1.53. The highest BCUT2D eigenvalue weighted by molar-refractivity contribution is 9.10. The molecule has 1 amide bonds. The molecule has 0 saturated carbocycles. The molecule has 5 nitrogen and oxygen atoms in total. The molecular formula is C10H12BrNO4S. The molecule has 0 aliphatic carbocycles. The minimum Gasteiger partial charge on any atom is -0.457 e. The van der Waals surface area contributed by atoms with E-state index in [1.54, 1.807) is 0 Å². The van der Waals surface area contributed by atoms with Gasteiger partial charge in [-0.1, -0.05) is 0 Å². The first-order valence-electron chi connectivity index (χ1n) is 5.23. The number of nitrogens with one attached hydrogen (secondary N) is 1. The normalized spacial score (nSPS) is 22.5. The number of hydrogen-bond acceptors (Lipinski definition) is 4. The standard InChI is InChI=1S/C10H12BrNO4S/c11-9-8(3-4-16-9)10(13)12-6-7-2-1-5-17(7,14)15/h3-4,7H,1-2,5-6H2,(H,12,13). The second kappa shape index (κ2) is 4.81.